The molecule has 0 bridgehead atoms. The number of benzene rings is 2. The third-order valence-electron chi connectivity index (χ3n) is 5.49. The summed E-state index contributed by atoms with van der Waals surface area (Å²) in [7, 11) is -3.76. The van der Waals surface area contributed by atoms with Crippen LogP contribution in [0, 0.1) is 0 Å². The number of ether oxygens (including phenoxy) is 2. The largest absolute Gasteiger partial charge is 0.490 e. The molecule has 2 aromatic carbocycles. The number of nitrogens with one attached hydrogen (secondary N) is 1. The summed E-state index contributed by atoms with van der Waals surface area (Å²) in [5, 5.41) is 0.691. The molecule has 172 valence electrons. The number of hydrogen-bond donors (Lipinski definition) is 1. The molecule has 32 heavy (non-hydrogen) atoms. The first-order chi connectivity index (χ1) is 15.4. The van der Waals surface area contributed by atoms with E-state index >= 15 is 0 Å². The quantitative estimate of drug-likeness (QED) is 0.685. The normalized spacial score (nSPS) is 16.5. The maximum absolute atomic E-state index is 12.6. The number of halogens is 1. The molecule has 2 aliphatic rings. The van der Waals surface area contributed by atoms with Crippen molar-refractivity contribution in [3.05, 3.63) is 47.5 Å². The smallest absolute Gasteiger partial charge is 0.240 e. The van der Waals surface area contributed by atoms with Crippen molar-refractivity contribution < 1.29 is 22.7 Å². The van der Waals surface area contributed by atoms with Gasteiger partial charge >= 0.3 is 0 Å². The zero-order valence-corrected chi connectivity index (χ0v) is 19.2. The molecule has 0 saturated carbocycles. The molecule has 0 aliphatic carbocycles. The Morgan fingerprint density at radius 3 is 2.47 bits per heavy atom. The Kier molecular flexibility index (Phi) is 7.07. The van der Waals surface area contributed by atoms with Crippen LogP contribution in [0.1, 0.15) is 12.8 Å². The van der Waals surface area contributed by atoms with Gasteiger partial charge in [-0.2, -0.15) is 0 Å². The molecule has 1 N–H and O–H groups in total. The average Bonchev–Trinajstić information content (AvgIpc) is 3.04. The lowest BCUT2D eigenvalue weighted by atomic mass is 10.2. The first-order valence-electron chi connectivity index (χ1n) is 10.6. The van der Waals surface area contributed by atoms with Gasteiger partial charge in [0, 0.05) is 51.6 Å². The fourth-order valence-electron chi connectivity index (χ4n) is 3.75. The lowest BCUT2D eigenvalue weighted by molar-refractivity contribution is -0.131. The Morgan fingerprint density at radius 1 is 1.00 bits per heavy atom. The minimum Gasteiger partial charge on any atom is -0.490 e. The van der Waals surface area contributed by atoms with Gasteiger partial charge in [-0.1, -0.05) is 23.7 Å². The summed E-state index contributed by atoms with van der Waals surface area (Å²) >= 11 is 6.26. The summed E-state index contributed by atoms with van der Waals surface area (Å²) in [5.41, 5.74) is 0.962. The minimum absolute atomic E-state index is 0.0281. The number of carbonyl (C=O) groups excluding carboxylic acids is 1. The van der Waals surface area contributed by atoms with E-state index in [-0.39, 0.29) is 23.8 Å². The van der Waals surface area contributed by atoms with Gasteiger partial charge in [0.05, 0.1) is 28.8 Å². The molecule has 10 heteroatoms. The summed E-state index contributed by atoms with van der Waals surface area (Å²) in [6, 6.07) is 12.2. The van der Waals surface area contributed by atoms with Crippen molar-refractivity contribution in [2.45, 2.75) is 17.7 Å². The third kappa shape index (κ3) is 5.28. The first kappa shape index (κ1) is 22.7. The molecular weight excluding hydrogens is 454 g/mol. The second-order valence-corrected chi connectivity index (χ2v) is 9.80. The Morgan fingerprint density at radius 2 is 1.72 bits per heavy atom. The Balaban J connectivity index is 1.27. The van der Waals surface area contributed by atoms with E-state index in [1.807, 2.05) is 24.3 Å². The summed E-state index contributed by atoms with van der Waals surface area (Å²) in [6.45, 7) is 3.53. The van der Waals surface area contributed by atoms with Gasteiger partial charge in [-0.15, -0.1) is 0 Å². The molecule has 8 nitrogen and oxygen atoms in total. The van der Waals surface area contributed by atoms with Gasteiger partial charge in [0.15, 0.2) is 11.5 Å². The SMILES string of the molecule is O=C(CCNS(=O)(=O)c1ccc2c(c1)OCCCO2)N1CCN(c2ccccc2Cl)CC1. The summed E-state index contributed by atoms with van der Waals surface area (Å²) in [6.07, 6.45) is 0.833. The molecule has 0 unspecified atom stereocenters. The Labute approximate surface area is 193 Å². The standard InChI is InChI=1S/C22H26ClN3O5S/c23-18-4-1-2-5-19(18)25-10-12-26(13-11-25)22(27)8-9-24-32(28,29)17-6-7-20-21(16-17)31-15-3-14-30-20/h1-2,4-7,16,24H,3,8-15H2. The second kappa shape index (κ2) is 9.97. The van der Waals surface area contributed by atoms with Crippen LogP contribution >= 0.6 is 11.6 Å². The van der Waals surface area contributed by atoms with Crippen molar-refractivity contribution in [1.82, 2.24) is 9.62 Å². The summed E-state index contributed by atoms with van der Waals surface area (Å²) in [5.74, 6) is 0.871. The van der Waals surface area contributed by atoms with Gasteiger partial charge in [-0.3, -0.25) is 4.79 Å². The molecule has 0 spiro atoms. The highest BCUT2D eigenvalue weighted by Gasteiger charge is 2.23. The fourth-order valence-corrected chi connectivity index (χ4v) is 5.05. The van der Waals surface area contributed by atoms with E-state index in [9.17, 15) is 13.2 Å². The number of para-hydroxylation sites is 1. The van der Waals surface area contributed by atoms with E-state index in [2.05, 4.69) is 9.62 Å². The van der Waals surface area contributed by atoms with Crippen molar-refractivity contribution in [2.24, 2.45) is 0 Å². The third-order valence-corrected chi connectivity index (χ3v) is 7.26. The van der Waals surface area contributed by atoms with Crippen LogP contribution in [0.15, 0.2) is 47.4 Å². The average molecular weight is 480 g/mol. The highest BCUT2D eigenvalue weighted by atomic mass is 35.5. The molecule has 2 aliphatic heterocycles. The van der Waals surface area contributed by atoms with E-state index in [4.69, 9.17) is 21.1 Å². The number of carbonyl (C=O) groups is 1. The van der Waals surface area contributed by atoms with Gasteiger partial charge in [-0.05, 0) is 24.3 Å². The topological polar surface area (TPSA) is 88.2 Å². The maximum atomic E-state index is 12.6. The minimum atomic E-state index is -3.76. The zero-order chi connectivity index (χ0) is 22.6. The van der Waals surface area contributed by atoms with Crippen LogP contribution in [-0.2, 0) is 14.8 Å². The molecule has 1 amide bonds. The van der Waals surface area contributed by atoms with Crippen molar-refractivity contribution in [3.63, 3.8) is 0 Å². The van der Waals surface area contributed by atoms with Gasteiger partial charge < -0.3 is 19.3 Å². The van der Waals surface area contributed by atoms with Crippen molar-refractivity contribution >= 4 is 33.2 Å². The highest BCUT2D eigenvalue weighted by Crippen LogP contribution is 2.32. The van der Waals surface area contributed by atoms with Crippen LogP contribution in [0.25, 0.3) is 0 Å². The van der Waals surface area contributed by atoms with E-state index in [0.29, 0.717) is 55.9 Å². The summed E-state index contributed by atoms with van der Waals surface area (Å²) < 4.78 is 38.9. The van der Waals surface area contributed by atoms with E-state index in [1.165, 1.54) is 12.1 Å². The van der Waals surface area contributed by atoms with E-state index in [1.54, 1.807) is 11.0 Å². The number of sulfonamides is 1. The predicted molar refractivity (Wildman–Crippen MR) is 122 cm³/mol. The van der Waals surface area contributed by atoms with Crippen LogP contribution < -0.4 is 19.1 Å². The number of piperazine rings is 1. The van der Waals surface area contributed by atoms with Gasteiger partial charge in [-0.25, -0.2) is 13.1 Å². The van der Waals surface area contributed by atoms with Gasteiger partial charge in [0.25, 0.3) is 0 Å². The number of fused-ring (bicyclic) bond motifs is 1. The molecule has 0 atom stereocenters. The lowest BCUT2D eigenvalue weighted by Crippen LogP contribution is -2.49. The molecule has 4 rings (SSSR count). The summed E-state index contributed by atoms with van der Waals surface area (Å²) in [4.78, 5) is 16.6. The number of rotatable bonds is 6. The lowest BCUT2D eigenvalue weighted by Gasteiger charge is -2.36. The Bertz CT molecular complexity index is 1070. The van der Waals surface area contributed by atoms with Crippen molar-refractivity contribution in [1.29, 1.82) is 0 Å². The fraction of sp³-hybridized carbons (Fsp3) is 0.409. The molecule has 1 saturated heterocycles. The van der Waals surface area contributed by atoms with Gasteiger partial charge in [0.1, 0.15) is 0 Å². The number of hydrogen-bond acceptors (Lipinski definition) is 6. The van der Waals surface area contributed by atoms with Crippen molar-refractivity contribution in [2.75, 3.05) is 50.8 Å². The predicted octanol–water partition coefficient (Wildman–Crippen LogP) is 2.52. The zero-order valence-electron chi connectivity index (χ0n) is 17.6. The van der Waals surface area contributed by atoms with Crippen LogP contribution in [0.5, 0.6) is 11.5 Å². The molecule has 2 aromatic rings. The number of nitrogens with zero attached hydrogens (tertiary/aromatic N) is 2. The molecule has 1 fully saturated rings. The van der Waals surface area contributed by atoms with E-state index < -0.39 is 10.0 Å². The molecular formula is C22H26ClN3O5S. The second-order valence-electron chi connectivity index (χ2n) is 7.63. The van der Waals surface area contributed by atoms with Crippen LogP contribution in [0.2, 0.25) is 5.02 Å². The molecule has 0 aromatic heterocycles. The van der Waals surface area contributed by atoms with Crippen LogP contribution in [0.4, 0.5) is 5.69 Å². The Hall–Kier alpha value is -2.49. The van der Waals surface area contributed by atoms with Crippen molar-refractivity contribution in [3.8, 4) is 11.5 Å². The maximum Gasteiger partial charge on any atom is 0.240 e. The van der Waals surface area contributed by atoms with Gasteiger partial charge in [0.2, 0.25) is 15.9 Å². The number of anilines is 1. The van der Waals surface area contributed by atoms with Crippen LogP contribution in [0.3, 0.4) is 0 Å². The molecule has 0 radical (unpaired) electrons. The van der Waals surface area contributed by atoms with E-state index in [0.717, 1.165) is 12.1 Å². The monoisotopic (exact) mass is 479 g/mol. The highest BCUT2D eigenvalue weighted by molar-refractivity contribution is 7.89. The molecule has 2 heterocycles. The first-order valence-corrected chi connectivity index (χ1v) is 12.5. The number of amides is 1. The van der Waals surface area contributed by atoms with Crippen LogP contribution in [-0.4, -0.2) is 65.2 Å².